The summed E-state index contributed by atoms with van der Waals surface area (Å²) in [7, 11) is 0. The molecule has 0 spiro atoms. The number of carbonyl (C=O) groups excluding carboxylic acids is 1. The van der Waals surface area contributed by atoms with Crippen LogP contribution in [0.1, 0.15) is 47.5 Å². The molecule has 1 amide bonds. The van der Waals surface area contributed by atoms with E-state index in [1.54, 1.807) is 0 Å². The number of carbonyl (C=O) groups is 1. The topological polar surface area (TPSA) is 23.6 Å². The minimum absolute atomic E-state index is 0.185. The number of piperazine rings is 1. The molecule has 2 aliphatic rings. The minimum atomic E-state index is 0.185. The second-order valence-electron chi connectivity index (χ2n) is 7.03. The summed E-state index contributed by atoms with van der Waals surface area (Å²) in [6.07, 6.45) is 1.81. The molecule has 0 saturated carbocycles. The molecule has 0 aromatic carbocycles. The fraction of sp³-hybridized carbons (Fsp3) is 0.929. The number of rotatable bonds is 1. The molecular formula is C14H26N2O. The molecule has 1 atom stereocenters. The van der Waals surface area contributed by atoms with E-state index in [4.69, 9.17) is 0 Å². The maximum atomic E-state index is 11.7. The number of hydrogen-bond donors (Lipinski definition) is 0. The normalized spacial score (nSPS) is 27.5. The predicted molar refractivity (Wildman–Crippen MR) is 69.8 cm³/mol. The molecule has 0 N–H and O–H groups in total. The largest absolute Gasteiger partial charge is 0.337 e. The summed E-state index contributed by atoms with van der Waals surface area (Å²) in [6.45, 7) is 14.6. The van der Waals surface area contributed by atoms with E-state index in [0.717, 1.165) is 32.5 Å². The van der Waals surface area contributed by atoms with Gasteiger partial charge in [-0.25, -0.2) is 0 Å². The highest BCUT2D eigenvalue weighted by atomic mass is 16.2. The lowest BCUT2D eigenvalue weighted by Gasteiger charge is -2.52. The Morgan fingerprint density at radius 1 is 1.12 bits per heavy atom. The summed E-state index contributed by atoms with van der Waals surface area (Å²) in [5, 5.41) is 0. The van der Waals surface area contributed by atoms with Gasteiger partial charge in [-0.15, -0.1) is 0 Å². The first-order chi connectivity index (χ1) is 7.73. The maximum absolute atomic E-state index is 11.7. The zero-order chi connectivity index (χ0) is 12.8. The van der Waals surface area contributed by atoms with Gasteiger partial charge < -0.3 is 4.90 Å². The van der Waals surface area contributed by atoms with Gasteiger partial charge in [0.1, 0.15) is 0 Å². The monoisotopic (exact) mass is 238 g/mol. The lowest BCUT2D eigenvalue weighted by Crippen LogP contribution is -2.61. The van der Waals surface area contributed by atoms with Crippen molar-refractivity contribution in [2.45, 2.75) is 59.0 Å². The third kappa shape index (κ3) is 2.10. The molecule has 2 heterocycles. The highest BCUT2D eigenvalue weighted by molar-refractivity contribution is 5.78. The Morgan fingerprint density at radius 3 is 2.35 bits per heavy atom. The van der Waals surface area contributed by atoms with Crippen LogP contribution >= 0.6 is 0 Å². The van der Waals surface area contributed by atoms with Crippen molar-refractivity contribution >= 4 is 5.91 Å². The van der Waals surface area contributed by atoms with Gasteiger partial charge >= 0.3 is 0 Å². The van der Waals surface area contributed by atoms with Crippen LogP contribution in [-0.4, -0.2) is 46.9 Å². The molecule has 98 valence electrons. The van der Waals surface area contributed by atoms with Gasteiger partial charge in [0.05, 0.1) is 0 Å². The first-order valence-corrected chi connectivity index (χ1v) is 6.78. The molecule has 2 saturated heterocycles. The highest BCUT2D eigenvalue weighted by Gasteiger charge is 2.44. The van der Waals surface area contributed by atoms with E-state index >= 15 is 0 Å². The van der Waals surface area contributed by atoms with Crippen LogP contribution in [0.4, 0.5) is 0 Å². The maximum Gasteiger partial charge on any atom is 0.222 e. The van der Waals surface area contributed by atoms with Crippen LogP contribution in [0.25, 0.3) is 0 Å². The SMILES string of the molecule is CC(C)(C)C(C)(C)N1CCN2C(=O)CC[C@@H]2C1. The van der Waals surface area contributed by atoms with Crippen molar-refractivity contribution in [3.05, 3.63) is 0 Å². The molecule has 17 heavy (non-hydrogen) atoms. The summed E-state index contributed by atoms with van der Waals surface area (Å²) in [4.78, 5) is 16.3. The molecule has 0 aromatic rings. The molecule has 0 unspecified atom stereocenters. The third-order valence-electron chi connectivity index (χ3n) is 5.12. The Balaban J connectivity index is 2.09. The Bertz CT molecular complexity index is 317. The van der Waals surface area contributed by atoms with Crippen LogP contribution in [0, 0.1) is 5.41 Å². The van der Waals surface area contributed by atoms with Crippen LogP contribution in [0.3, 0.4) is 0 Å². The number of hydrogen-bond acceptors (Lipinski definition) is 2. The van der Waals surface area contributed by atoms with Gasteiger partial charge in [0.25, 0.3) is 0 Å². The number of fused-ring (bicyclic) bond motifs is 1. The average Bonchev–Trinajstić information content (AvgIpc) is 2.58. The molecule has 2 aliphatic heterocycles. The van der Waals surface area contributed by atoms with Gasteiger partial charge in [-0.05, 0) is 25.7 Å². The fourth-order valence-electron chi connectivity index (χ4n) is 2.85. The van der Waals surface area contributed by atoms with Crippen LogP contribution in [0.2, 0.25) is 0 Å². The molecule has 0 aromatic heterocycles. The zero-order valence-corrected chi connectivity index (χ0v) is 11.9. The van der Waals surface area contributed by atoms with Crippen molar-refractivity contribution in [2.24, 2.45) is 5.41 Å². The summed E-state index contributed by atoms with van der Waals surface area (Å²) < 4.78 is 0. The Hall–Kier alpha value is -0.570. The molecule has 0 radical (unpaired) electrons. The van der Waals surface area contributed by atoms with E-state index in [1.807, 2.05) is 0 Å². The van der Waals surface area contributed by atoms with Crippen molar-refractivity contribution in [1.29, 1.82) is 0 Å². The van der Waals surface area contributed by atoms with Crippen molar-refractivity contribution in [2.75, 3.05) is 19.6 Å². The second kappa shape index (κ2) is 3.98. The lowest BCUT2D eigenvalue weighted by molar-refractivity contribution is -0.132. The van der Waals surface area contributed by atoms with E-state index < -0.39 is 0 Å². The molecule has 2 rings (SSSR count). The standard InChI is InChI=1S/C14H26N2O/c1-13(2,3)14(4,5)15-8-9-16-11(10-15)6-7-12(16)17/h11H,6-10H2,1-5H3/t11-/m1/s1. The van der Waals surface area contributed by atoms with E-state index in [9.17, 15) is 4.79 Å². The van der Waals surface area contributed by atoms with Gasteiger partial charge in [0, 0.05) is 37.6 Å². The zero-order valence-electron chi connectivity index (χ0n) is 11.9. The minimum Gasteiger partial charge on any atom is -0.337 e. The van der Waals surface area contributed by atoms with Gasteiger partial charge in [-0.2, -0.15) is 0 Å². The quantitative estimate of drug-likeness (QED) is 0.698. The van der Waals surface area contributed by atoms with Crippen LogP contribution < -0.4 is 0 Å². The van der Waals surface area contributed by atoms with Crippen molar-refractivity contribution < 1.29 is 4.79 Å². The number of amides is 1. The van der Waals surface area contributed by atoms with Gasteiger partial charge in [-0.3, -0.25) is 9.69 Å². The van der Waals surface area contributed by atoms with Gasteiger partial charge in [0.2, 0.25) is 5.91 Å². The molecule has 2 fully saturated rings. The van der Waals surface area contributed by atoms with Crippen LogP contribution in [-0.2, 0) is 4.79 Å². The first-order valence-electron chi connectivity index (χ1n) is 6.78. The van der Waals surface area contributed by atoms with E-state index in [2.05, 4.69) is 44.4 Å². The summed E-state index contributed by atoms with van der Waals surface area (Å²) >= 11 is 0. The number of nitrogens with zero attached hydrogens (tertiary/aromatic N) is 2. The molecule has 0 bridgehead atoms. The first kappa shape index (κ1) is 12.9. The van der Waals surface area contributed by atoms with Crippen molar-refractivity contribution in [1.82, 2.24) is 9.80 Å². The smallest absolute Gasteiger partial charge is 0.222 e. The third-order valence-corrected chi connectivity index (χ3v) is 5.12. The Labute approximate surface area is 105 Å². The van der Waals surface area contributed by atoms with E-state index in [1.165, 1.54) is 0 Å². The molecule has 0 aliphatic carbocycles. The Morgan fingerprint density at radius 2 is 1.76 bits per heavy atom. The van der Waals surface area contributed by atoms with E-state index in [0.29, 0.717) is 11.9 Å². The summed E-state index contributed by atoms with van der Waals surface area (Å²) in [6, 6.07) is 0.470. The second-order valence-corrected chi connectivity index (χ2v) is 7.03. The van der Waals surface area contributed by atoms with Crippen molar-refractivity contribution in [3.8, 4) is 0 Å². The van der Waals surface area contributed by atoms with Crippen molar-refractivity contribution in [3.63, 3.8) is 0 Å². The average molecular weight is 238 g/mol. The van der Waals surface area contributed by atoms with Crippen LogP contribution in [0.5, 0.6) is 0 Å². The molecule has 3 nitrogen and oxygen atoms in total. The predicted octanol–water partition coefficient (Wildman–Crippen LogP) is 2.12. The highest BCUT2D eigenvalue weighted by Crippen LogP contribution is 2.37. The van der Waals surface area contributed by atoms with Crippen LogP contribution in [0.15, 0.2) is 0 Å². The summed E-state index contributed by atoms with van der Waals surface area (Å²) in [5.74, 6) is 0.364. The lowest BCUT2D eigenvalue weighted by atomic mass is 9.74. The molecule has 3 heteroatoms. The summed E-state index contributed by atoms with van der Waals surface area (Å²) in [5.41, 5.74) is 0.447. The Kier molecular flexibility index (Phi) is 3.01. The van der Waals surface area contributed by atoms with Gasteiger partial charge in [-0.1, -0.05) is 20.8 Å². The van der Waals surface area contributed by atoms with E-state index in [-0.39, 0.29) is 11.0 Å². The molecular weight excluding hydrogens is 212 g/mol. The van der Waals surface area contributed by atoms with Gasteiger partial charge in [0.15, 0.2) is 0 Å². The fourth-order valence-corrected chi connectivity index (χ4v) is 2.85.